The Kier molecular flexibility index (Phi) is 5.11. The van der Waals surface area contributed by atoms with Gasteiger partial charge < -0.3 is 9.80 Å². The summed E-state index contributed by atoms with van der Waals surface area (Å²) in [6, 6.07) is 19.4. The first kappa shape index (κ1) is 18.1. The highest BCUT2D eigenvalue weighted by Gasteiger charge is 2.24. The highest BCUT2D eigenvalue weighted by atomic mass is 15.4. The second-order valence-electron chi connectivity index (χ2n) is 8.12. The zero-order valence-electron chi connectivity index (χ0n) is 16.7. The van der Waals surface area contributed by atoms with E-state index in [9.17, 15) is 0 Å². The van der Waals surface area contributed by atoms with Gasteiger partial charge in [0, 0.05) is 25.3 Å². The van der Waals surface area contributed by atoms with Crippen LogP contribution in [0.25, 0.3) is 0 Å². The molecule has 0 N–H and O–H groups in total. The van der Waals surface area contributed by atoms with Crippen LogP contribution in [0.15, 0.2) is 60.8 Å². The minimum atomic E-state index is 0.723. The van der Waals surface area contributed by atoms with Gasteiger partial charge in [-0.3, -0.25) is 0 Å². The number of piperidine rings is 1. The molecule has 5 nitrogen and oxygen atoms in total. The summed E-state index contributed by atoms with van der Waals surface area (Å²) in [7, 11) is 0. The average Bonchev–Trinajstić information content (AvgIpc) is 2.80. The number of aryl methyl sites for hydroxylation is 1. The number of aromatic nitrogens is 3. The molecule has 0 radical (unpaired) electrons. The highest BCUT2D eigenvalue weighted by Crippen LogP contribution is 2.32. The third kappa shape index (κ3) is 3.95. The molecule has 1 aromatic heterocycles. The maximum absolute atomic E-state index is 4.91. The number of anilines is 3. The van der Waals surface area contributed by atoms with E-state index in [1.165, 1.54) is 36.1 Å². The third-order valence-corrected chi connectivity index (χ3v) is 6.19. The quantitative estimate of drug-likeness (QED) is 0.665. The predicted molar refractivity (Wildman–Crippen MR) is 117 cm³/mol. The van der Waals surface area contributed by atoms with Crippen molar-refractivity contribution in [3.8, 4) is 0 Å². The molecule has 148 valence electrons. The van der Waals surface area contributed by atoms with Crippen molar-refractivity contribution in [2.45, 2.75) is 32.1 Å². The van der Waals surface area contributed by atoms with Crippen LogP contribution in [0.2, 0.25) is 0 Å². The molecular formula is C24H27N5. The lowest BCUT2D eigenvalue weighted by Gasteiger charge is -2.33. The first-order valence-corrected chi connectivity index (χ1v) is 10.7. The normalized spacial score (nSPS) is 17.2. The molecule has 0 spiro atoms. The molecule has 0 unspecified atom stereocenters. The van der Waals surface area contributed by atoms with Crippen molar-refractivity contribution in [2.75, 3.05) is 29.4 Å². The number of benzene rings is 2. The fourth-order valence-electron chi connectivity index (χ4n) is 4.61. The van der Waals surface area contributed by atoms with E-state index in [1.807, 2.05) is 6.20 Å². The fraction of sp³-hybridized carbons (Fsp3) is 0.375. The Morgan fingerprint density at radius 3 is 2.55 bits per heavy atom. The van der Waals surface area contributed by atoms with Crippen molar-refractivity contribution >= 4 is 17.5 Å². The molecule has 29 heavy (non-hydrogen) atoms. The molecule has 0 bridgehead atoms. The van der Waals surface area contributed by atoms with Crippen molar-refractivity contribution in [1.29, 1.82) is 0 Å². The standard InChI is InChI=1S/C24H27N5/c1-2-7-19(8-3-1)17-20-12-15-28(16-13-20)23-18-25-27-24(26-23)29-14-6-10-21-9-4-5-11-22(21)29/h1-5,7-9,11,18,20H,6,10,12-17H2. The Bertz CT molecular complexity index is 950. The molecule has 2 aliphatic heterocycles. The Balaban J connectivity index is 1.28. The SMILES string of the molecule is c1ccc(CC2CCN(c3cnnc(N4CCCc5ccccc54)n3)CC2)cc1. The third-order valence-electron chi connectivity index (χ3n) is 6.19. The lowest BCUT2D eigenvalue weighted by atomic mass is 9.90. The second-order valence-corrected chi connectivity index (χ2v) is 8.12. The number of hydrogen-bond acceptors (Lipinski definition) is 5. The largest absolute Gasteiger partial charge is 0.355 e. The van der Waals surface area contributed by atoms with Crippen LogP contribution in [0.3, 0.4) is 0 Å². The fourth-order valence-corrected chi connectivity index (χ4v) is 4.61. The van der Waals surface area contributed by atoms with E-state index in [2.05, 4.69) is 74.6 Å². The van der Waals surface area contributed by atoms with Gasteiger partial charge in [0.1, 0.15) is 0 Å². The van der Waals surface area contributed by atoms with Crippen LogP contribution in [-0.2, 0) is 12.8 Å². The van der Waals surface area contributed by atoms with E-state index >= 15 is 0 Å². The average molecular weight is 386 g/mol. The summed E-state index contributed by atoms with van der Waals surface area (Å²) in [5.41, 5.74) is 4.04. The van der Waals surface area contributed by atoms with Crippen LogP contribution in [-0.4, -0.2) is 34.8 Å². The number of fused-ring (bicyclic) bond motifs is 1. The molecule has 1 saturated heterocycles. The first-order chi connectivity index (χ1) is 14.4. The van der Waals surface area contributed by atoms with Gasteiger partial charge >= 0.3 is 0 Å². The highest BCUT2D eigenvalue weighted by molar-refractivity contribution is 5.63. The minimum Gasteiger partial charge on any atom is -0.355 e. The van der Waals surface area contributed by atoms with Crippen molar-refractivity contribution in [2.24, 2.45) is 5.92 Å². The smallest absolute Gasteiger partial charge is 0.251 e. The van der Waals surface area contributed by atoms with Crippen LogP contribution in [0, 0.1) is 5.92 Å². The summed E-state index contributed by atoms with van der Waals surface area (Å²) in [6.45, 7) is 3.01. The molecule has 2 aromatic carbocycles. The minimum absolute atomic E-state index is 0.723. The molecule has 0 atom stereocenters. The molecule has 2 aliphatic rings. The van der Waals surface area contributed by atoms with Crippen LogP contribution >= 0.6 is 0 Å². The van der Waals surface area contributed by atoms with Gasteiger partial charge in [0.2, 0.25) is 0 Å². The first-order valence-electron chi connectivity index (χ1n) is 10.7. The van der Waals surface area contributed by atoms with Gasteiger partial charge in [-0.05, 0) is 55.2 Å². The molecule has 0 amide bonds. The Labute approximate surface area is 172 Å². The summed E-state index contributed by atoms with van der Waals surface area (Å²) in [5.74, 6) is 2.43. The van der Waals surface area contributed by atoms with Crippen LogP contribution in [0.4, 0.5) is 17.5 Å². The van der Waals surface area contributed by atoms with Crippen molar-refractivity contribution in [3.05, 3.63) is 71.9 Å². The monoisotopic (exact) mass is 385 g/mol. The predicted octanol–water partition coefficient (Wildman–Crippen LogP) is 4.42. The van der Waals surface area contributed by atoms with Gasteiger partial charge in [-0.15, -0.1) is 5.10 Å². The summed E-state index contributed by atoms with van der Waals surface area (Å²) in [6.07, 6.45) is 7.62. The van der Waals surface area contributed by atoms with Gasteiger partial charge in [0.05, 0.1) is 6.20 Å². The molecule has 1 fully saturated rings. The topological polar surface area (TPSA) is 45.2 Å². The zero-order valence-corrected chi connectivity index (χ0v) is 16.7. The molecular weight excluding hydrogens is 358 g/mol. The van der Waals surface area contributed by atoms with Crippen LogP contribution in [0.1, 0.15) is 30.4 Å². The Morgan fingerprint density at radius 2 is 1.69 bits per heavy atom. The van der Waals surface area contributed by atoms with E-state index < -0.39 is 0 Å². The van der Waals surface area contributed by atoms with Gasteiger partial charge in [-0.2, -0.15) is 10.1 Å². The van der Waals surface area contributed by atoms with E-state index in [0.29, 0.717) is 0 Å². The summed E-state index contributed by atoms with van der Waals surface area (Å²) < 4.78 is 0. The number of nitrogens with zero attached hydrogens (tertiary/aromatic N) is 5. The van der Waals surface area contributed by atoms with Gasteiger partial charge in [-0.25, -0.2) is 0 Å². The van der Waals surface area contributed by atoms with E-state index in [1.54, 1.807) is 0 Å². The maximum Gasteiger partial charge on any atom is 0.251 e. The van der Waals surface area contributed by atoms with Gasteiger partial charge in [-0.1, -0.05) is 48.5 Å². The summed E-state index contributed by atoms with van der Waals surface area (Å²) in [5, 5.41) is 8.66. The summed E-state index contributed by atoms with van der Waals surface area (Å²) >= 11 is 0. The molecule has 0 aliphatic carbocycles. The molecule has 3 aromatic rings. The number of rotatable bonds is 4. The Morgan fingerprint density at radius 1 is 0.897 bits per heavy atom. The van der Waals surface area contributed by atoms with Gasteiger partial charge in [0.15, 0.2) is 5.82 Å². The van der Waals surface area contributed by atoms with Crippen LogP contribution < -0.4 is 9.80 Å². The number of hydrogen-bond donors (Lipinski definition) is 0. The lowest BCUT2D eigenvalue weighted by molar-refractivity contribution is 0.402. The maximum atomic E-state index is 4.91. The zero-order chi connectivity index (χ0) is 19.5. The molecule has 5 heteroatoms. The van der Waals surface area contributed by atoms with Crippen LogP contribution in [0.5, 0.6) is 0 Å². The molecule has 3 heterocycles. The van der Waals surface area contributed by atoms with E-state index in [-0.39, 0.29) is 0 Å². The summed E-state index contributed by atoms with van der Waals surface area (Å²) in [4.78, 5) is 9.50. The van der Waals surface area contributed by atoms with Gasteiger partial charge in [0.25, 0.3) is 5.95 Å². The molecule has 5 rings (SSSR count). The van der Waals surface area contributed by atoms with Crippen molar-refractivity contribution in [1.82, 2.24) is 15.2 Å². The second kappa shape index (κ2) is 8.19. The van der Waals surface area contributed by atoms with Crippen molar-refractivity contribution < 1.29 is 0 Å². The lowest BCUT2D eigenvalue weighted by Crippen LogP contribution is -2.35. The van der Waals surface area contributed by atoms with E-state index in [0.717, 1.165) is 50.2 Å². The number of para-hydroxylation sites is 1. The van der Waals surface area contributed by atoms with E-state index in [4.69, 9.17) is 4.98 Å². The molecule has 0 saturated carbocycles. The van der Waals surface area contributed by atoms with Crippen molar-refractivity contribution in [3.63, 3.8) is 0 Å². The Hall–Kier alpha value is -2.95.